The quantitative estimate of drug-likeness (QED) is 0.641. The van der Waals surface area contributed by atoms with Gasteiger partial charge in [-0.25, -0.2) is 0 Å². The van der Waals surface area contributed by atoms with Gasteiger partial charge in [-0.05, 0) is 43.7 Å². The average molecular weight is 323 g/mol. The number of anilines is 1. The predicted octanol–water partition coefficient (Wildman–Crippen LogP) is 3.20. The van der Waals surface area contributed by atoms with E-state index in [1.54, 1.807) is 36.4 Å². The number of hydrogen-bond acceptors (Lipinski definition) is 5. The van der Waals surface area contributed by atoms with Gasteiger partial charge in [0.05, 0.1) is 11.3 Å². The molecule has 124 valence electrons. The van der Waals surface area contributed by atoms with Crippen LogP contribution in [0.2, 0.25) is 0 Å². The minimum Gasteiger partial charge on any atom is -0.349 e. The molecule has 1 aliphatic carbocycles. The first-order chi connectivity index (χ1) is 11.7. The lowest BCUT2D eigenvalue weighted by molar-refractivity contribution is 0.0922. The molecule has 1 amide bonds. The Kier molecular flexibility index (Phi) is 6.33. The molecule has 0 saturated heterocycles. The second-order valence-electron chi connectivity index (χ2n) is 5.94. The maximum absolute atomic E-state index is 12.5. The van der Waals surface area contributed by atoms with Crippen LogP contribution in [0.4, 0.5) is 5.69 Å². The van der Waals surface area contributed by atoms with Gasteiger partial charge in [-0.3, -0.25) is 10.2 Å². The van der Waals surface area contributed by atoms with Crippen LogP contribution >= 0.6 is 0 Å². The second kappa shape index (κ2) is 8.69. The Labute approximate surface area is 142 Å². The highest BCUT2D eigenvalue weighted by Gasteiger charge is 2.22. The molecule has 0 aromatic heterocycles. The molecule has 6 heteroatoms. The van der Waals surface area contributed by atoms with Crippen LogP contribution in [-0.4, -0.2) is 17.7 Å². The van der Waals surface area contributed by atoms with E-state index in [0.29, 0.717) is 11.3 Å². The second-order valence-corrected chi connectivity index (χ2v) is 5.94. The van der Waals surface area contributed by atoms with E-state index in [1.807, 2.05) is 0 Å². The lowest BCUT2D eigenvalue weighted by Crippen LogP contribution is -2.37. The Hall–Kier alpha value is -2.86. The molecular weight excluding hydrogens is 302 g/mol. The highest BCUT2D eigenvalue weighted by Crippen LogP contribution is 2.27. The van der Waals surface area contributed by atoms with Crippen LogP contribution in [0.25, 0.3) is 0 Å². The number of carbonyl (C=O) groups excluding carboxylic acids is 1. The first-order valence-electron chi connectivity index (χ1n) is 8.21. The van der Waals surface area contributed by atoms with E-state index >= 15 is 0 Å². The molecule has 24 heavy (non-hydrogen) atoms. The number of hydrogen-bond donors (Lipinski definition) is 2. The summed E-state index contributed by atoms with van der Waals surface area (Å²) in [6.45, 7) is 2.21. The van der Waals surface area contributed by atoms with E-state index < -0.39 is 0 Å². The third kappa shape index (κ3) is 4.57. The van der Waals surface area contributed by atoms with Crippen molar-refractivity contribution < 1.29 is 4.79 Å². The van der Waals surface area contributed by atoms with Gasteiger partial charge in [-0.15, -0.1) is 0 Å². The summed E-state index contributed by atoms with van der Waals surface area (Å²) < 4.78 is 0. The topological polar surface area (TPSA) is 101 Å². The first-order valence-corrected chi connectivity index (χ1v) is 8.21. The molecule has 0 radical (unpaired) electrons. The van der Waals surface area contributed by atoms with E-state index in [1.165, 1.54) is 6.42 Å². The molecule has 0 atom stereocenters. The van der Waals surface area contributed by atoms with Crippen molar-refractivity contribution in [3.8, 4) is 12.1 Å². The molecule has 1 aliphatic rings. The van der Waals surface area contributed by atoms with E-state index in [-0.39, 0.29) is 17.7 Å². The summed E-state index contributed by atoms with van der Waals surface area (Å²) in [5.41, 5.74) is 3.27. The van der Waals surface area contributed by atoms with Gasteiger partial charge >= 0.3 is 0 Å². The van der Waals surface area contributed by atoms with Crippen molar-refractivity contribution in [2.24, 2.45) is 11.0 Å². The Bertz CT molecular complexity index is 674. The summed E-state index contributed by atoms with van der Waals surface area (Å²) in [7, 11) is 0. The summed E-state index contributed by atoms with van der Waals surface area (Å²) in [5, 5.41) is 24.2. The molecule has 0 unspecified atom stereocenters. The Morgan fingerprint density at radius 3 is 2.50 bits per heavy atom. The van der Waals surface area contributed by atoms with Gasteiger partial charge in [0.15, 0.2) is 0 Å². The fourth-order valence-electron chi connectivity index (χ4n) is 2.95. The number of para-hydroxylation sites is 1. The zero-order chi connectivity index (χ0) is 17.4. The van der Waals surface area contributed by atoms with Crippen molar-refractivity contribution in [3.05, 3.63) is 29.8 Å². The number of nitriles is 2. The molecule has 2 N–H and O–H groups in total. The molecule has 6 nitrogen and oxygen atoms in total. The van der Waals surface area contributed by atoms with Crippen LogP contribution in [0.5, 0.6) is 0 Å². The monoisotopic (exact) mass is 323 g/mol. The fourth-order valence-corrected chi connectivity index (χ4v) is 2.95. The summed E-state index contributed by atoms with van der Waals surface area (Å²) in [4.78, 5) is 12.5. The van der Waals surface area contributed by atoms with Crippen molar-refractivity contribution in [2.45, 2.75) is 45.1 Å². The molecule has 2 rings (SSSR count). The van der Waals surface area contributed by atoms with Crippen molar-refractivity contribution in [1.82, 2.24) is 5.32 Å². The van der Waals surface area contributed by atoms with E-state index in [9.17, 15) is 4.79 Å². The zero-order valence-corrected chi connectivity index (χ0v) is 13.7. The van der Waals surface area contributed by atoms with Gasteiger partial charge in [-0.1, -0.05) is 25.5 Å². The lowest BCUT2D eigenvalue weighted by Gasteiger charge is -2.28. The molecule has 0 heterocycles. The maximum Gasteiger partial charge on any atom is 0.253 e. The molecule has 1 fully saturated rings. The summed E-state index contributed by atoms with van der Waals surface area (Å²) >= 11 is 0. The Balaban J connectivity index is 2.04. The Morgan fingerprint density at radius 1 is 1.21 bits per heavy atom. The maximum atomic E-state index is 12.5. The average Bonchev–Trinajstić information content (AvgIpc) is 2.63. The number of carbonyl (C=O) groups is 1. The number of amides is 1. The van der Waals surface area contributed by atoms with Gasteiger partial charge in [0.25, 0.3) is 5.91 Å². The smallest absolute Gasteiger partial charge is 0.253 e. The van der Waals surface area contributed by atoms with Crippen molar-refractivity contribution >= 4 is 17.3 Å². The van der Waals surface area contributed by atoms with Crippen LogP contribution in [0, 0.1) is 28.6 Å². The molecule has 1 aromatic carbocycles. The van der Waals surface area contributed by atoms with Crippen molar-refractivity contribution in [1.29, 1.82) is 10.5 Å². The van der Waals surface area contributed by atoms with Crippen LogP contribution < -0.4 is 10.7 Å². The number of benzene rings is 1. The highest BCUT2D eigenvalue weighted by atomic mass is 16.1. The number of hydrazone groups is 1. The SMILES string of the molecule is CCC1CCC(NC(=O)c2ccccc2NN=C(C#N)C#N)CC1. The first kappa shape index (κ1) is 17.5. The van der Waals surface area contributed by atoms with Gasteiger partial charge in [0.2, 0.25) is 5.71 Å². The van der Waals surface area contributed by atoms with Crippen LogP contribution in [-0.2, 0) is 0 Å². The number of nitrogens with zero attached hydrogens (tertiary/aromatic N) is 3. The standard InChI is InChI=1S/C18H21N5O/c1-2-13-7-9-14(10-8-13)21-18(24)16-5-3-4-6-17(16)23-22-15(11-19)12-20/h3-6,13-14,23H,2,7-10H2,1H3,(H,21,24). The van der Waals surface area contributed by atoms with Gasteiger partial charge in [0.1, 0.15) is 12.1 Å². The highest BCUT2D eigenvalue weighted by molar-refractivity contribution is 6.10. The van der Waals surface area contributed by atoms with Crippen LogP contribution in [0.1, 0.15) is 49.4 Å². The molecule has 1 saturated carbocycles. The Morgan fingerprint density at radius 2 is 1.88 bits per heavy atom. The number of nitrogens with one attached hydrogen (secondary N) is 2. The van der Waals surface area contributed by atoms with E-state index in [0.717, 1.165) is 31.6 Å². The largest absolute Gasteiger partial charge is 0.349 e. The zero-order valence-electron chi connectivity index (χ0n) is 13.7. The molecule has 1 aromatic rings. The third-order valence-electron chi connectivity index (χ3n) is 4.43. The normalized spacial score (nSPS) is 19.5. The van der Waals surface area contributed by atoms with Gasteiger partial charge in [0, 0.05) is 6.04 Å². The van der Waals surface area contributed by atoms with Gasteiger partial charge in [-0.2, -0.15) is 15.6 Å². The van der Waals surface area contributed by atoms with Gasteiger partial charge < -0.3 is 5.32 Å². The predicted molar refractivity (Wildman–Crippen MR) is 92.2 cm³/mol. The minimum absolute atomic E-state index is 0.163. The van der Waals surface area contributed by atoms with Crippen molar-refractivity contribution in [2.75, 3.05) is 5.43 Å². The summed E-state index contributed by atoms with van der Waals surface area (Å²) in [6.07, 6.45) is 5.51. The van der Waals surface area contributed by atoms with E-state index in [2.05, 4.69) is 22.8 Å². The molecule has 0 bridgehead atoms. The third-order valence-corrected chi connectivity index (χ3v) is 4.43. The molecule has 0 aliphatic heterocycles. The van der Waals surface area contributed by atoms with Crippen molar-refractivity contribution in [3.63, 3.8) is 0 Å². The minimum atomic E-state index is -0.289. The fraction of sp³-hybridized carbons (Fsp3) is 0.444. The summed E-state index contributed by atoms with van der Waals surface area (Å²) in [5.74, 6) is 0.612. The van der Waals surface area contributed by atoms with E-state index in [4.69, 9.17) is 10.5 Å². The lowest BCUT2D eigenvalue weighted by atomic mass is 9.84. The van der Waals surface area contributed by atoms with Crippen LogP contribution in [0.3, 0.4) is 0 Å². The molecule has 0 spiro atoms. The number of rotatable bonds is 5. The molecular formula is C18H21N5O. The summed E-state index contributed by atoms with van der Waals surface area (Å²) in [6, 6.07) is 10.5. The van der Waals surface area contributed by atoms with Crippen LogP contribution in [0.15, 0.2) is 29.4 Å².